The van der Waals surface area contributed by atoms with Crippen molar-refractivity contribution < 1.29 is 0 Å². The van der Waals surface area contributed by atoms with Crippen LogP contribution >= 0.6 is 0 Å². The van der Waals surface area contributed by atoms with E-state index in [1.165, 1.54) is 11.1 Å². The van der Waals surface area contributed by atoms with E-state index in [9.17, 15) is 0 Å². The molecule has 0 aliphatic heterocycles. The minimum atomic E-state index is 0.376. The van der Waals surface area contributed by atoms with Crippen molar-refractivity contribution in [2.75, 3.05) is 5.43 Å². The third kappa shape index (κ3) is 1.87. The van der Waals surface area contributed by atoms with E-state index in [2.05, 4.69) is 39.7 Å². The lowest BCUT2D eigenvalue weighted by Crippen LogP contribution is -2.12. The smallest absolute Gasteiger partial charge is 0.143 e. The quantitative estimate of drug-likeness (QED) is 0.603. The van der Waals surface area contributed by atoms with Gasteiger partial charge in [0.2, 0.25) is 0 Å². The lowest BCUT2D eigenvalue weighted by molar-refractivity contribution is 0.683. The van der Waals surface area contributed by atoms with Gasteiger partial charge in [-0.25, -0.2) is 15.8 Å². The average Bonchev–Trinajstić information content (AvgIpc) is 2.82. The Labute approximate surface area is 99.9 Å². The number of benzene rings is 1. The first-order valence-electron chi connectivity index (χ1n) is 5.73. The van der Waals surface area contributed by atoms with Gasteiger partial charge in [-0.15, -0.1) is 0 Å². The van der Waals surface area contributed by atoms with Gasteiger partial charge in [0.15, 0.2) is 0 Å². The molecule has 0 saturated carbocycles. The van der Waals surface area contributed by atoms with Crippen molar-refractivity contribution in [3.05, 3.63) is 53.5 Å². The normalized spacial score (nSPS) is 14.6. The van der Waals surface area contributed by atoms with Crippen molar-refractivity contribution in [1.29, 1.82) is 0 Å². The van der Waals surface area contributed by atoms with Crippen LogP contribution in [0.4, 0.5) is 5.82 Å². The summed E-state index contributed by atoms with van der Waals surface area (Å²) < 4.78 is 0. The molecule has 1 aromatic heterocycles. The summed E-state index contributed by atoms with van der Waals surface area (Å²) in [5, 5.41) is 0. The molecular weight excluding hydrogens is 212 g/mol. The van der Waals surface area contributed by atoms with Crippen molar-refractivity contribution in [2.45, 2.75) is 18.8 Å². The Morgan fingerprint density at radius 3 is 2.47 bits per heavy atom. The van der Waals surface area contributed by atoms with Crippen LogP contribution in [0.2, 0.25) is 0 Å². The van der Waals surface area contributed by atoms with Crippen LogP contribution in [0.1, 0.15) is 22.9 Å². The fourth-order valence-corrected chi connectivity index (χ4v) is 2.39. The number of anilines is 1. The second kappa shape index (κ2) is 4.14. The van der Waals surface area contributed by atoms with Crippen molar-refractivity contribution in [2.24, 2.45) is 5.84 Å². The van der Waals surface area contributed by atoms with Crippen LogP contribution in [0.5, 0.6) is 0 Å². The molecule has 0 spiro atoms. The van der Waals surface area contributed by atoms with E-state index >= 15 is 0 Å². The number of fused-ring (bicyclic) bond motifs is 1. The van der Waals surface area contributed by atoms with Gasteiger partial charge in [-0.1, -0.05) is 24.3 Å². The second-order valence-corrected chi connectivity index (χ2v) is 4.32. The summed E-state index contributed by atoms with van der Waals surface area (Å²) in [4.78, 5) is 8.75. The first kappa shape index (κ1) is 10.2. The number of nitrogens with one attached hydrogen (secondary N) is 1. The Morgan fingerprint density at radius 2 is 1.82 bits per heavy atom. The third-order valence-corrected chi connectivity index (χ3v) is 3.24. The standard InChI is InChI=1S/C13H14N4/c14-17-12-5-6-15-13(16-12)11-7-9-3-1-2-4-10(9)8-11/h1-6,11H,7-8,14H2,(H,15,16,17). The Bertz CT molecular complexity index is 513. The average molecular weight is 226 g/mol. The number of hydrogen-bond donors (Lipinski definition) is 2. The van der Waals surface area contributed by atoms with Gasteiger partial charge >= 0.3 is 0 Å². The Balaban J connectivity index is 1.88. The molecule has 0 unspecified atom stereocenters. The van der Waals surface area contributed by atoms with Crippen LogP contribution in [0.15, 0.2) is 36.5 Å². The molecule has 1 heterocycles. The number of nitrogens with two attached hydrogens (primary N) is 1. The minimum absolute atomic E-state index is 0.376. The molecule has 1 aromatic carbocycles. The highest BCUT2D eigenvalue weighted by Gasteiger charge is 2.24. The molecule has 1 aliphatic carbocycles. The van der Waals surface area contributed by atoms with Crippen LogP contribution in [-0.2, 0) is 12.8 Å². The van der Waals surface area contributed by atoms with Gasteiger partial charge in [-0.3, -0.25) is 0 Å². The van der Waals surface area contributed by atoms with Gasteiger partial charge < -0.3 is 5.43 Å². The first-order valence-corrected chi connectivity index (χ1v) is 5.73. The molecule has 86 valence electrons. The minimum Gasteiger partial charge on any atom is -0.308 e. The lowest BCUT2D eigenvalue weighted by atomic mass is 10.1. The maximum absolute atomic E-state index is 5.36. The molecule has 3 rings (SSSR count). The maximum Gasteiger partial charge on any atom is 0.143 e. The van der Waals surface area contributed by atoms with Gasteiger partial charge in [0.05, 0.1) is 0 Å². The largest absolute Gasteiger partial charge is 0.308 e. The summed E-state index contributed by atoms with van der Waals surface area (Å²) in [6, 6.07) is 10.3. The molecule has 0 atom stereocenters. The highest BCUT2D eigenvalue weighted by Crippen LogP contribution is 2.32. The molecule has 0 fully saturated rings. The number of nitrogen functional groups attached to an aromatic ring is 1. The molecule has 17 heavy (non-hydrogen) atoms. The number of nitrogens with zero attached hydrogens (tertiary/aromatic N) is 2. The molecule has 2 aromatic rings. The number of hydrogen-bond acceptors (Lipinski definition) is 4. The monoisotopic (exact) mass is 226 g/mol. The SMILES string of the molecule is NNc1ccnc(C2Cc3ccccc3C2)n1. The molecule has 4 nitrogen and oxygen atoms in total. The molecule has 0 saturated heterocycles. The Hall–Kier alpha value is -1.94. The van der Waals surface area contributed by atoms with Crippen molar-refractivity contribution in [3.8, 4) is 0 Å². The zero-order valence-corrected chi connectivity index (χ0v) is 9.43. The van der Waals surface area contributed by atoms with E-state index in [4.69, 9.17) is 5.84 Å². The molecule has 0 bridgehead atoms. The summed E-state index contributed by atoms with van der Waals surface area (Å²) >= 11 is 0. The molecule has 3 N–H and O–H groups in total. The van der Waals surface area contributed by atoms with Gasteiger partial charge in [0.25, 0.3) is 0 Å². The fourth-order valence-electron chi connectivity index (χ4n) is 2.39. The van der Waals surface area contributed by atoms with Crippen molar-refractivity contribution >= 4 is 5.82 Å². The lowest BCUT2D eigenvalue weighted by Gasteiger charge is -2.08. The summed E-state index contributed by atoms with van der Waals surface area (Å²) in [6.45, 7) is 0. The predicted octanol–water partition coefficient (Wildman–Crippen LogP) is 1.64. The highest BCUT2D eigenvalue weighted by atomic mass is 15.3. The molecule has 1 aliphatic rings. The zero-order valence-electron chi connectivity index (χ0n) is 9.43. The first-order chi connectivity index (χ1) is 8.36. The molecule has 0 amide bonds. The number of aromatic nitrogens is 2. The van der Waals surface area contributed by atoms with E-state index in [0.717, 1.165) is 18.7 Å². The predicted molar refractivity (Wildman–Crippen MR) is 66.4 cm³/mol. The van der Waals surface area contributed by atoms with Gasteiger partial charge in [-0.2, -0.15) is 0 Å². The van der Waals surface area contributed by atoms with Gasteiger partial charge in [0, 0.05) is 18.2 Å². The fraction of sp³-hybridized carbons (Fsp3) is 0.231. The van der Waals surface area contributed by atoms with E-state index in [0.29, 0.717) is 11.7 Å². The maximum atomic E-state index is 5.36. The van der Waals surface area contributed by atoms with Crippen LogP contribution in [0.25, 0.3) is 0 Å². The van der Waals surface area contributed by atoms with Gasteiger partial charge in [-0.05, 0) is 24.0 Å². The summed E-state index contributed by atoms with van der Waals surface area (Å²) in [6.07, 6.45) is 3.79. The van der Waals surface area contributed by atoms with Gasteiger partial charge in [0.1, 0.15) is 11.6 Å². The van der Waals surface area contributed by atoms with Crippen LogP contribution < -0.4 is 11.3 Å². The molecular formula is C13H14N4. The van der Waals surface area contributed by atoms with E-state index in [-0.39, 0.29) is 0 Å². The van der Waals surface area contributed by atoms with E-state index in [1.54, 1.807) is 12.3 Å². The Morgan fingerprint density at radius 1 is 1.12 bits per heavy atom. The number of hydrazine groups is 1. The Kier molecular flexibility index (Phi) is 2.49. The van der Waals surface area contributed by atoms with Crippen LogP contribution in [0, 0.1) is 0 Å². The molecule has 4 heteroatoms. The summed E-state index contributed by atoms with van der Waals surface area (Å²) in [7, 11) is 0. The van der Waals surface area contributed by atoms with E-state index in [1.807, 2.05) is 0 Å². The van der Waals surface area contributed by atoms with Crippen LogP contribution in [0.3, 0.4) is 0 Å². The third-order valence-electron chi connectivity index (χ3n) is 3.24. The van der Waals surface area contributed by atoms with Crippen molar-refractivity contribution in [3.63, 3.8) is 0 Å². The number of rotatable bonds is 2. The molecule has 0 radical (unpaired) electrons. The second-order valence-electron chi connectivity index (χ2n) is 4.32. The van der Waals surface area contributed by atoms with Crippen molar-refractivity contribution in [1.82, 2.24) is 9.97 Å². The highest BCUT2D eigenvalue weighted by molar-refractivity contribution is 5.37. The summed E-state index contributed by atoms with van der Waals surface area (Å²) in [5.74, 6) is 7.28. The van der Waals surface area contributed by atoms with Crippen LogP contribution in [-0.4, -0.2) is 9.97 Å². The van der Waals surface area contributed by atoms with E-state index < -0.39 is 0 Å². The topological polar surface area (TPSA) is 63.8 Å². The zero-order chi connectivity index (χ0) is 11.7. The summed E-state index contributed by atoms with van der Waals surface area (Å²) in [5.41, 5.74) is 5.38.